The third-order valence-corrected chi connectivity index (χ3v) is 4.76. The summed E-state index contributed by atoms with van der Waals surface area (Å²) in [6.45, 7) is 2.16. The number of para-hydroxylation sites is 1. The molecule has 1 heterocycles. The molecule has 5 heteroatoms. The second kappa shape index (κ2) is 10.1. The van der Waals surface area contributed by atoms with Gasteiger partial charge in [-0.15, -0.1) is 0 Å². The second-order valence-corrected chi connectivity index (χ2v) is 6.83. The number of hydrogen-bond acceptors (Lipinski definition) is 4. The van der Waals surface area contributed by atoms with E-state index in [1.807, 2.05) is 42.5 Å². The maximum absolute atomic E-state index is 12.7. The van der Waals surface area contributed by atoms with E-state index in [1.165, 1.54) is 5.56 Å². The number of benzene rings is 2. The number of rotatable bonds is 9. The largest absolute Gasteiger partial charge is 0.508 e. The molecule has 1 amide bonds. The van der Waals surface area contributed by atoms with Crippen LogP contribution in [0.25, 0.3) is 0 Å². The highest BCUT2D eigenvalue weighted by Gasteiger charge is 2.23. The molecular weight excluding hydrogens is 342 g/mol. The number of aromatic hydroxyl groups is 1. The molecule has 5 nitrogen and oxygen atoms in total. The lowest BCUT2D eigenvalue weighted by atomic mass is 10.1. The van der Waals surface area contributed by atoms with Crippen LogP contribution in [0.3, 0.4) is 0 Å². The number of nitrogens with zero attached hydrogens (tertiary/aromatic N) is 1. The van der Waals surface area contributed by atoms with Crippen LogP contribution in [0.15, 0.2) is 54.6 Å². The summed E-state index contributed by atoms with van der Waals surface area (Å²) in [5.74, 6) is 0.120. The van der Waals surface area contributed by atoms with Crippen LogP contribution in [0.5, 0.6) is 5.75 Å². The zero-order valence-electron chi connectivity index (χ0n) is 15.5. The van der Waals surface area contributed by atoms with Crippen molar-refractivity contribution in [3.8, 4) is 5.75 Å². The monoisotopic (exact) mass is 369 g/mol. The van der Waals surface area contributed by atoms with Gasteiger partial charge in [-0.2, -0.15) is 0 Å². The maximum atomic E-state index is 12.7. The van der Waals surface area contributed by atoms with Crippen LogP contribution >= 0.6 is 0 Å². The van der Waals surface area contributed by atoms with E-state index in [4.69, 9.17) is 9.47 Å². The van der Waals surface area contributed by atoms with E-state index in [2.05, 4.69) is 0 Å². The number of phenolic OH excluding ortho intramolecular Hbond substituents is 1. The fraction of sp³-hybridized carbons (Fsp3) is 0.409. The lowest BCUT2D eigenvalue weighted by Gasteiger charge is -2.26. The molecular formula is C22H27NO4. The van der Waals surface area contributed by atoms with Gasteiger partial charge in [0.2, 0.25) is 5.91 Å². The van der Waals surface area contributed by atoms with Crippen molar-refractivity contribution in [3.63, 3.8) is 0 Å². The van der Waals surface area contributed by atoms with Gasteiger partial charge in [0.1, 0.15) is 12.4 Å². The smallest absolute Gasteiger partial charge is 0.248 e. The van der Waals surface area contributed by atoms with E-state index < -0.39 is 0 Å². The summed E-state index contributed by atoms with van der Waals surface area (Å²) in [7, 11) is 0. The summed E-state index contributed by atoms with van der Waals surface area (Å²) >= 11 is 0. The van der Waals surface area contributed by atoms with E-state index in [1.54, 1.807) is 17.0 Å². The van der Waals surface area contributed by atoms with Gasteiger partial charge in [-0.1, -0.05) is 48.5 Å². The Morgan fingerprint density at radius 2 is 1.93 bits per heavy atom. The Hall–Kier alpha value is -2.37. The summed E-state index contributed by atoms with van der Waals surface area (Å²) < 4.78 is 11.3. The molecule has 1 aliphatic heterocycles. The molecule has 1 unspecified atom stereocenters. The molecule has 144 valence electrons. The Balaban J connectivity index is 1.53. The molecule has 0 aliphatic carbocycles. The van der Waals surface area contributed by atoms with Crippen molar-refractivity contribution >= 4 is 5.91 Å². The number of amides is 1. The number of phenols is 1. The molecule has 2 aromatic rings. The molecule has 1 saturated heterocycles. The Bertz CT molecular complexity index is 713. The van der Waals surface area contributed by atoms with Crippen molar-refractivity contribution in [1.82, 2.24) is 4.90 Å². The quantitative estimate of drug-likeness (QED) is 0.690. The van der Waals surface area contributed by atoms with E-state index in [9.17, 15) is 9.90 Å². The van der Waals surface area contributed by atoms with Crippen molar-refractivity contribution in [2.45, 2.75) is 31.9 Å². The average molecular weight is 369 g/mol. The molecule has 0 spiro atoms. The molecule has 1 aliphatic rings. The number of hydrogen-bond donors (Lipinski definition) is 1. The van der Waals surface area contributed by atoms with Gasteiger partial charge in [0.05, 0.1) is 12.7 Å². The predicted octanol–water partition coefficient (Wildman–Crippen LogP) is 3.16. The minimum atomic E-state index is -0.0817. The van der Waals surface area contributed by atoms with Crippen molar-refractivity contribution in [2.24, 2.45) is 0 Å². The highest BCUT2D eigenvalue weighted by Crippen LogP contribution is 2.20. The molecule has 3 rings (SSSR count). The summed E-state index contributed by atoms with van der Waals surface area (Å²) in [4.78, 5) is 14.5. The van der Waals surface area contributed by atoms with E-state index in [0.717, 1.165) is 31.4 Å². The standard InChI is InChI=1S/C22H27NO4/c24-21-11-5-4-9-19(21)15-23(16-20-10-6-13-27-20)22(25)17-26-14-12-18-7-2-1-3-8-18/h1-5,7-9,11,20,24H,6,10,12-17H2. The predicted molar refractivity (Wildman–Crippen MR) is 103 cm³/mol. The maximum Gasteiger partial charge on any atom is 0.248 e. The van der Waals surface area contributed by atoms with Crippen LogP contribution in [0.4, 0.5) is 0 Å². The highest BCUT2D eigenvalue weighted by atomic mass is 16.5. The Morgan fingerprint density at radius 1 is 1.15 bits per heavy atom. The first kappa shape index (κ1) is 19.4. The zero-order valence-corrected chi connectivity index (χ0v) is 15.5. The van der Waals surface area contributed by atoms with Crippen LogP contribution < -0.4 is 0 Å². The van der Waals surface area contributed by atoms with Crippen LogP contribution in [-0.2, 0) is 27.2 Å². The molecule has 27 heavy (non-hydrogen) atoms. The molecule has 1 atom stereocenters. The SMILES string of the molecule is O=C(COCCc1ccccc1)N(Cc1ccccc1O)CC1CCCO1. The topological polar surface area (TPSA) is 59.0 Å². The summed E-state index contributed by atoms with van der Waals surface area (Å²) in [6.07, 6.45) is 2.82. The highest BCUT2D eigenvalue weighted by molar-refractivity contribution is 5.77. The molecule has 0 saturated carbocycles. The van der Waals surface area contributed by atoms with Gasteiger partial charge < -0.3 is 19.5 Å². The van der Waals surface area contributed by atoms with E-state index >= 15 is 0 Å². The minimum absolute atomic E-state index is 0.0349. The van der Waals surface area contributed by atoms with Gasteiger partial charge >= 0.3 is 0 Å². The van der Waals surface area contributed by atoms with Gasteiger partial charge in [-0.05, 0) is 30.9 Å². The zero-order chi connectivity index (χ0) is 18.9. The van der Waals surface area contributed by atoms with Gasteiger partial charge in [-0.25, -0.2) is 0 Å². The number of carbonyl (C=O) groups is 1. The van der Waals surface area contributed by atoms with Crippen LogP contribution in [0.1, 0.15) is 24.0 Å². The Kier molecular flexibility index (Phi) is 7.25. The van der Waals surface area contributed by atoms with Crippen LogP contribution in [-0.4, -0.2) is 48.4 Å². The summed E-state index contributed by atoms with van der Waals surface area (Å²) in [5.41, 5.74) is 1.92. The van der Waals surface area contributed by atoms with E-state index in [-0.39, 0.29) is 24.4 Å². The molecule has 0 bridgehead atoms. The average Bonchev–Trinajstić information content (AvgIpc) is 3.20. The third-order valence-electron chi connectivity index (χ3n) is 4.76. The molecule has 2 aromatic carbocycles. The number of ether oxygens (including phenoxy) is 2. The van der Waals surface area contributed by atoms with Gasteiger partial charge in [0.15, 0.2) is 0 Å². The first-order valence-electron chi connectivity index (χ1n) is 9.50. The first-order valence-corrected chi connectivity index (χ1v) is 9.50. The fourth-order valence-corrected chi connectivity index (χ4v) is 3.22. The Labute approximate surface area is 160 Å². The Morgan fingerprint density at radius 3 is 2.67 bits per heavy atom. The fourth-order valence-electron chi connectivity index (χ4n) is 3.22. The van der Waals surface area contributed by atoms with Crippen molar-refractivity contribution < 1.29 is 19.4 Å². The van der Waals surface area contributed by atoms with Gasteiger partial charge in [-0.3, -0.25) is 4.79 Å². The summed E-state index contributed by atoms with van der Waals surface area (Å²) in [6, 6.07) is 17.2. The van der Waals surface area contributed by atoms with Gasteiger partial charge in [0, 0.05) is 25.3 Å². The van der Waals surface area contributed by atoms with Gasteiger partial charge in [0.25, 0.3) is 0 Å². The van der Waals surface area contributed by atoms with Crippen molar-refractivity contribution in [2.75, 3.05) is 26.4 Å². The second-order valence-electron chi connectivity index (χ2n) is 6.83. The summed E-state index contributed by atoms with van der Waals surface area (Å²) in [5, 5.41) is 10.0. The van der Waals surface area contributed by atoms with Crippen molar-refractivity contribution in [1.29, 1.82) is 0 Å². The lowest BCUT2D eigenvalue weighted by molar-refractivity contribution is -0.138. The molecule has 1 N–H and O–H groups in total. The minimum Gasteiger partial charge on any atom is -0.508 e. The molecule has 1 fully saturated rings. The molecule has 0 radical (unpaired) electrons. The lowest BCUT2D eigenvalue weighted by Crippen LogP contribution is -2.39. The third kappa shape index (κ3) is 6.08. The first-order chi connectivity index (χ1) is 13.2. The normalized spacial score (nSPS) is 16.4. The molecule has 0 aromatic heterocycles. The van der Waals surface area contributed by atoms with Crippen LogP contribution in [0.2, 0.25) is 0 Å². The van der Waals surface area contributed by atoms with Crippen LogP contribution in [0, 0.1) is 0 Å². The number of carbonyl (C=O) groups excluding carboxylic acids is 1. The van der Waals surface area contributed by atoms with Crippen molar-refractivity contribution in [3.05, 3.63) is 65.7 Å². The van der Waals surface area contributed by atoms with E-state index in [0.29, 0.717) is 19.7 Å².